The minimum absolute atomic E-state index is 0.00125. The maximum Gasteiger partial charge on any atom is 0.348 e. The molecular weight excluding hydrogens is 290 g/mol. The Labute approximate surface area is 125 Å². The summed E-state index contributed by atoms with van der Waals surface area (Å²) in [6.07, 6.45) is 3.23. The summed E-state index contributed by atoms with van der Waals surface area (Å²) >= 11 is 1.49. The van der Waals surface area contributed by atoms with Gasteiger partial charge in [0.05, 0.1) is 4.92 Å². The molecular formula is C15H13NO4S. The summed E-state index contributed by atoms with van der Waals surface area (Å²) in [5.74, 6) is -0.360. The van der Waals surface area contributed by atoms with Gasteiger partial charge >= 0.3 is 5.97 Å². The third kappa shape index (κ3) is 2.95. The molecule has 1 aliphatic rings. The highest BCUT2D eigenvalue weighted by Gasteiger charge is 2.19. The monoisotopic (exact) mass is 303 g/mol. The zero-order valence-electron chi connectivity index (χ0n) is 11.2. The van der Waals surface area contributed by atoms with Crippen LogP contribution in [0.15, 0.2) is 30.3 Å². The van der Waals surface area contributed by atoms with Crippen LogP contribution in [0.4, 0.5) is 5.69 Å². The second-order valence-corrected chi connectivity index (χ2v) is 6.05. The van der Waals surface area contributed by atoms with Crippen molar-refractivity contribution in [1.29, 1.82) is 0 Å². The first-order valence-corrected chi connectivity index (χ1v) is 7.47. The molecule has 0 atom stereocenters. The molecule has 1 aliphatic carbocycles. The standard InChI is InChI=1S/C15H13NO4S/c17-15(14-8-11-4-2-6-13(11)21-14)20-9-10-3-1-5-12(7-10)16(18)19/h1,3,5,7-8H,2,4,6,9H2. The summed E-state index contributed by atoms with van der Waals surface area (Å²) in [5, 5.41) is 10.7. The molecule has 1 heterocycles. The second kappa shape index (κ2) is 5.65. The maximum atomic E-state index is 12.0. The van der Waals surface area contributed by atoms with E-state index in [4.69, 9.17) is 4.74 Å². The molecule has 0 unspecified atom stereocenters. The van der Waals surface area contributed by atoms with E-state index in [2.05, 4.69) is 0 Å². The molecule has 0 radical (unpaired) electrons. The predicted octanol–water partition coefficient (Wildman–Crippen LogP) is 3.50. The molecule has 5 nitrogen and oxygen atoms in total. The molecule has 0 saturated carbocycles. The van der Waals surface area contributed by atoms with Gasteiger partial charge in [0.1, 0.15) is 11.5 Å². The highest BCUT2D eigenvalue weighted by atomic mass is 32.1. The average Bonchev–Trinajstić information content (AvgIpc) is 3.06. The Morgan fingerprint density at radius 2 is 2.19 bits per heavy atom. The van der Waals surface area contributed by atoms with Gasteiger partial charge in [0.2, 0.25) is 0 Å². The van der Waals surface area contributed by atoms with Crippen LogP contribution in [0.1, 0.15) is 32.1 Å². The summed E-state index contributed by atoms with van der Waals surface area (Å²) in [6.45, 7) is 0.0447. The van der Waals surface area contributed by atoms with Crippen LogP contribution in [-0.2, 0) is 24.2 Å². The van der Waals surface area contributed by atoms with Gasteiger partial charge in [-0.05, 0) is 36.5 Å². The van der Waals surface area contributed by atoms with Crippen LogP contribution in [0.25, 0.3) is 0 Å². The lowest BCUT2D eigenvalue weighted by Gasteiger charge is -2.03. The van der Waals surface area contributed by atoms with E-state index in [0.717, 1.165) is 19.3 Å². The fourth-order valence-corrected chi connectivity index (χ4v) is 3.56. The number of carbonyl (C=O) groups excluding carboxylic acids is 1. The van der Waals surface area contributed by atoms with Gasteiger partial charge in [-0.3, -0.25) is 10.1 Å². The number of carbonyl (C=O) groups is 1. The fourth-order valence-electron chi connectivity index (χ4n) is 2.41. The van der Waals surface area contributed by atoms with Gasteiger partial charge < -0.3 is 4.74 Å². The number of esters is 1. The van der Waals surface area contributed by atoms with E-state index in [-0.39, 0.29) is 18.3 Å². The number of benzene rings is 1. The molecule has 0 spiro atoms. The Hall–Kier alpha value is -2.21. The van der Waals surface area contributed by atoms with E-state index in [1.54, 1.807) is 12.1 Å². The number of hydrogen-bond acceptors (Lipinski definition) is 5. The van der Waals surface area contributed by atoms with E-state index in [9.17, 15) is 14.9 Å². The van der Waals surface area contributed by atoms with Crippen molar-refractivity contribution in [2.24, 2.45) is 0 Å². The first-order chi connectivity index (χ1) is 10.1. The Balaban J connectivity index is 1.65. The van der Waals surface area contributed by atoms with E-state index in [1.165, 1.54) is 33.9 Å². The van der Waals surface area contributed by atoms with Gasteiger partial charge in [0.25, 0.3) is 5.69 Å². The van der Waals surface area contributed by atoms with Crippen molar-refractivity contribution in [3.63, 3.8) is 0 Å². The summed E-state index contributed by atoms with van der Waals surface area (Å²) in [5.41, 5.74) is 1.86. The molecule has 1 aromatic carbocycles. The molecule has 0 bridgehead atoms. The van der Waals surface area contributed by atoms with Gasteiger partial charge in [-0.1, -0.05) is 12.1 Å². The van der Waals surface area contributed by atoms with Gasteiger partial charge in [-0.2, -0.15) is 0 Å². The van der Waals surface area contributed by atoms with Crippen molar-refractivity contribution in [2.45, 2.75) is 25.9 Å². The van der Waals surface area contributed by atoms with Crippen LogP contribution in [0.5, 0.6) is 0 Å². The molecule has 0 aliphatic heterocycles. The van der Waals surface area contributed by atoms with E-state index < -0.39 is 4.92 Å². The molecule has 108 valence electrons. The van der Waals surface area contributed by atoms with Crippen LogP contribution < -0.4 is 0 Å². The molecule has 0 saturated heterocycles. The molecule has 3 rings (SSSR count). The highest BCUT2D eigenvalue weighted by molar-refractivity contribution is 7.14. The molecule has 0 amide bonds. The number of hydrogen-bond donors (Lipinski definition) is 0. The second-order valence-electron chi connectivity index (χ2n) is 4.92. The largest absolute Gasteiger partial charge is 0.457 e. The Kier molecular flexibility index (Phi) is 3.70. The number of aryl methyl sites for hydroxylation is 2. The number of nitro benzene ring substituents is 1. The lowest BCUT2D eigenvalue weighted by Crippen LogP contribution is -2.03. The van der Waals surface area contributed by atoms with E-state index >= 15 is 0 Å². The van der Waals surface area contributed by atoms with Crippen LogP contribution in [0, 0.1) is 10.1 Å². The molecule has 21 heavy (non-hydrogen) atoms. The summed E-state index contributed by atoms with van der Waals surface area (Å²) in [4.78, 5) is 24.1. The van der Waals surface area contributed by atoms with Crippen molar-refractivity contribution in [1.82, 2.24) is 0 Å². The molecule has 0 N–H and O–H groups in total. The minimum Gasteiger partial charge on any atom is -0.457 e. The van der Waals surface area contributed by atoms with Crippen LogP contribution >= 0.6 is 11.3 Å². The zero-order valence-corrected chi connectivity index (χ0v) is 12.0. The number of ether oxygens (including phenoxy) is 1. The van der Waals surface area contributed by atoms with Crippen molar-refractivity contribution in [3.8, 4) is 0 Å². The summed E-state index contributed by atoms with van der Waals surface area (Å²) in [6, 6.07) is 8.02. The quantitative estimate of drug-likeness (QED) is 0.492. The lowest BCUT2D eigenvalue weighted by molar-refractivity contribution is -0.384. The zero-order chi connectivity index (χ0) is 14.8. The Morgan fingerprint density at radius 1 is 1.33 bits per heavy atom. The molecule has 2 aromatic rings. The minimum atomic E-state index is -0.463. The fraction of sp³-hybridized carbons (Fsp3) is 0.267. The molecule has 0 fully saturated rings. The number of rotatable bonds is 4. The van der Waals surface area contributed by atoms with Gasteiger partial charge in [-0.15, -0.1) is 11.3 Å². The summed E-state index contributed by atoms with van der Waals surface area (Å²) in [7, 11) is 0. The van der Waals surface area contributed by atoms with Crippen LogP contribution in [0.3, 0.4) is 0 Å². The van der Waals surface area contributed by atoms with Crippen LogP contribution in [-0.4, -0.2) is 10.9 Å². The number of nitrogens with zero attached hydrogens (tertiary/aromatic N) is 1. The topological polar surface area (TPSA) is 69.4 Å². The Morgan fingerprint density at radius 3 is 2.95 bits per heavy atom. The number of non-ortho nitro benzene ring substituents is 1. The maximum absolute atomic E-state index is 12.0. The van der Waals surface area contributed by atoms with Gasteiger partial charge in [-0.25, -0.2) is 4.79 Å². The normalized spacial score (nSPS) is 13.0. The lowest BCUT2D eigenvalue weighted by atomic mass is 10.2. The van der Waals surface area contributed by atoms with Crippen LogP contribution in [0.2, 0.25) is 0 Å². The smallest absolute Gasteiger partial charge is 0.348 e. The van der Waals surface area contributed by atoms with Crippen molar-refractivity contribution in [2.75, 3.05) is 0 Å². The first-order valence-electron chi connectivity index (χ1n) is 6.65. The predicted molar refractivity (Wildman–Crippen MR) is 78.6 cm³/mol. The van der Waals surface area contributed by atoms with E-state index in [1.807, 2.05) is 6.07 Å². The number of nitro groups is 1. The van der Waals surface area contributed by atoms with Crippen molar-refractivity contribution in [3.05, 3.63) is 61.3 Å². The molecule has 1 aromatic heterocycles. The average molecular weight is 303 g/mol. The third-order valence-electron chi connectivity index (χ3n) is 3.44. The number of thiophene rings is 1. The van der Waals surface area contributed by atoms with Gasteiger partial charge in [0.15, 0.2) is 0 Å². The highest BCUT2D eigenvalue weighted by Crippen LogP contribution is 2.31. The van der Waals surface area contributed by atoms with Crippen molar-refractivity contribution >= 4 is 23.0 Å². The Bertz CT molecular complexity index is 686. The van der Waals surface area contributed by atoms with Crippen molar-refractivity contribution < 1.29 is 14.5 Å². The third-order valence-corrected chi connectivity index (χ3v) is 4.66. The van der Waals surface area contributed by atoms with E-state index in [0.29, 0.717) is 10.4 Å². The van der Waals surface area contributed by atoms with Gasteiger partial charge in [0, 0.05) is 17.0 Å². The SMILES string of the molecule is O=C(OCc1cccc([N+](=O)[O-])c1)c1cc2c(s1)CCC2. The number of fused-ring (bicyclic) bond motifs is 1. The first kappa shape index (κ1) is 13.8. The molecule has 6 heteroatoms. The summed E-state index contributed by atoms with van der Waals surface area (Å²) < 4.78 is 5.23.